The summed E-state index contributed by atoms with van der Waals surface area (Å²) in [7, 11) is 0. The lowest BCUT2D eigenvalue weighted by Gasteiger charge is -2.04. The molecular formula is C12H15ClFN. The average Bonchev–Trinajstić information content (AvgIpc) is 2.98. The highest BCUT2D eigenvalue weighted by Gasteiger charge is 2.34. The highest BCUT2D eigenvalue weighted by atomic mass is 35.5. The number of hydrogen-bond acceptors (Lipinski definition) is 1. The molecule has 1 aliphatic rings. The van der Waals surface area contributed by atoms with E-state index in [0.717, 1.165) is 18.0 Å². The van der Waals surface area contributed by atoms with Gasteiger partial charge in [0.05, 0.1) is 5.02 Å². The van der Waals surface area contributed by atoms with Gasteiger partial charge in [0.1, 0.15) is 5.82 Å². The van der Waals surface area contributed by atoms with Gasteiger partial charge >= 0.3 is 0 Å². The Morgan fingerprint density at radius 2 is 2.33 bits per heavy atom. The fourth-order valence-electron chi connectivity index (χ4n) is 1.85. The van der Waals surface area contributed by atoms with Gasteiger partial charge in [0.2, 0.25) is 0 Å². The zero-order valence-corrected chi connectivity index (χ0v) is 9.52. The first-order valence-corrected chi connectivity index (χ1v) is 5.75. The fourth-order valence-corrected chi connectivity index (χ4v) is 2.05. The van der Waals surface area contributed by atoms with Crippen molar-refractivity contribution in [3.05, 3.63) is 34.6 Å². The van der Waals surface area contributed by atoms with Crippen LogP contribution in [0.5, 0.6) is 0 Å². The fraction of sp³-hybridized carbons (Fsp3) is 0.500. The van der Waals surface area contributed by atoms with Gasteiger partial charge in [0.15, 0.2) is 0 Å². The summed E-state index contributed by atoms with van der Waals surface area (Å²) >= 11 is 5.70. The van der Waals surface area contributed by atoms with E-state index in [1.54, 1.807) is 12.1 Å². The van der Waals surface area contributed by atoms with Gasteiger partial charge in [-0.25, -0.2) is 4.39 Å². The van der Waals surface area contributed by atoms with Crippen LogP contribution in [0.3, 0.4) is 0 Å². The van der Waals surface area contributed by atoms with Crippen LogP contribution in [-0.2, 0) is 6.54 Å². The second-order valence-electron chi connectivity index (χ2n) is 4.14. The highest BCUT2D eigenvalue weighted by Crippen LogP contribution is 2.33. The summed E-state index contributed by atoms with van der Waals surface area (Å²) in [6.45, 7) is 2.99. The van der Waals surface area contributed by atoms with Gasteiger partial charge in [-0.3, -0.25) is 0 Å². The second-order valence-corrected chi connectivity index (χ2v) is 4.55. The third kappa shape index (κ3) is 2.70. The summed E-state index contributed by atoms with van der Waals surface area (Å²) in [5.74, 6) is 0.485. The molecule has 1 aliphatic carbocycles. The lowest BCUT2D eigenvalue weighted by Crippen LogP contribution is -2.17. The lowest BCUT2D eigenvalue weighted by molar-refractivity contribution is 0.614. The maximum absolute atomic E-state index is 12.9. The third-order valence-electron chi connectivity index (χ3n) is 3.00. The minimum atomic E-state index is -0.349. The predicted molar refractivity (Wildman–Crippen MR) is 60.4 cm³/mol. The normalized spacial score (nSPS) is 24.2. The Morgan fingerprint density at radius 3 is 2.93 bits per heavy atom. The summed E-state index contributed by atoms with van der Waals surface area (Å²) in [5.41, 5.74) is 1.04. The van der Waals surface area contributed by atoms with Crippen LogP contribution in [0.25, 0.3) is 0 Å². The van der Waals surface area contributed by atoms with Crippen molar-refractivity contribution in [1.82, 2.24) is 5.32 Å². The summed E-state index contributed by atoms with van der Waals surface area (Å²) in [4.78, 5) is 0. The minimum absolute atomic E-state index is 0.206. The van der Waals surface area contributed by atoms with Crippen LogP contribution in [0, 0.1) is 11.7 Å². The molecule has 0 bridgehead atoms. The van der Waals surface area contributed by atoms with Gasteiger partial charge in [-0.1, -0.05) is 31.0 Å². The molecular weight excluding hydrogens is 213 g/mol. The number of benzene rings is 1. The van der Waals surface area contributed by atoms with Crippen LogP contribution in [0.15, 0.2) is 18.2 Å². The summed E-state index contributed by atoms with van der Waals surface area (Å²) in [6, 6.07) is 5.53. The van der Waals surface area contributed by atoms with Crippen LogP contribution in [0.2, 0.25) is 5.02 Å². The Morgan fingerprint density at radius 1 is 1.53 bits per heavy atom. The van der Waals surface area contributed by atoms with E-state index in [4.69, 9.17) is 11.6 Å². The maximum Gasteiger partial charge on any atom is 0.141 e. The van der Waals surface area contributed by atoms with Crippen molar-refractivity contribution < 1.29 is 4.39 Å². The molecule has 1 N–H and O–H groups in total. The molecule has 0 aliphatic heterocycles. The van der Waals surface area contributed by atoms with Crippen LogP contribution in [0.1, 0.15) is 25.3 Å². The molecule has 0 heterocycles. The van der Waals surface area contributed by atoms with Gasteiger partial charge < -0.3 is 5.32 Å². The van der Waals surface area contributed by atoms with E-state index < -0.39 is 0 Å². The van der Waals surface area contributed by atoms with Crippen molar-refractivity contribution in [2.24, 2.45) is 5.92 Å². The number of halogens is 2. The quantitative estimate of drug-likeness (QED) is 0.832. The van der Waals surface area contributed by atoms with E-state index in [2.05, 4.69) is 12.2 Å². The number of hydrogen-bond donors (Lipinski definition) is 1. The van der Waals surface area contributed by atoms with E-state index in [1.807, 2.05) is 0 Å². The molecule has 0 saturated heterocycles. The Labute approximate surface area is 94.6 Å². The molecule has 82 valence electrons. The Hall–Kier alpha value is -0.600. The van der Waals surface area contributed by atoms with E-state index >= 15 is 0 Å². The largest absolute Gasteiger partial charge is 0.310 e. The van der Waals surface area contributed by atoms with E-state index in [0.29, 0.717) is 6.04 Å². The highest BCUT2D eigenvalue weighted by molar-refractivity contribution is 6.30. The van der Waals surface area contributed by atoms with Crippen molar-refractivity contribution in [2.75, 3.05) is 0 Å². The first kappa shape index (κ1) is 10.9. The first-order chi connectivity index (χ1) is 7.20. The van der Waals surface area contributed by atoms with Crippen molar-refractivity contribution in [3.8, 4) is 0 Å². The molecule has 0 spiro atoms. The predicted octanol–water partition coefficient (Wildman–Crippen LogP) is 3.37. The molecule has 1 saturated carbocycles. The molecule has 0 aromatic heterocycles. The molecule has 1 aromatic rings. The molecule has 0 radical (unpaired) electrons. The SMILES string of the molecule is CCC1CC1NCc1ccc(F)c(Cl)c1. The topological polar surface area (TPSA) is 12.0 Å². The average molecular weight is 228 g/mol. The van der Waals surface area contributed by atoms with Crippen LogP contribution >= 0.6 is 11.6 Å². The summed E-state index contributed by atoms with van der Waals surface area (Å²) < 4.78 is 12.9. The van der Waals surface area contributed by atoms with Gasteiger partial charge in [0, 0.05) is 12.6 Å². The van der Waals surface area contributed by atoms with Crippen LogP contribution in [0.4, 0.5) is 4.39 Å². The Bertz CT molecular complexity index is 353. The molecule has 3 heteroatoms. The Kier molecular flexibility index (Phi) is 3.27. The standard InChI is InChI=1S/C12H15ClFN/c1-2-9-6-12(9)15-7-8-3-4-11(14)10(13)5-8/h3-5,9,12,15H,2,6-7H2,1H3. The molecule has 0 amide bonds. The molecule has 1 aromatic carbocycles. The number of rotatable bonds is 4. The molecule has 1 fully saturated rings. The first-order valence-electron chi connectivity index (χ1n) is 5.38. The summed E-state index contributed by atoms with van der Waals surface area (Å²) in [5, 5.41) is 3.65. The van der Waals surface area contributed by atoms with Gasteiger partial charge in [-0.2, -0.15) is 0 Å². The zero-order valence-electron chi connectivity index (χ0n) is 8.76. The van der Waals surface area contributed by atoms with E-state index in [1.165, 1.54) is 18.9 Å². The second kappa shape index (κ2) is 4.50. The van der Waals surface area contributed by atoms with Gasteiger partial charge in [-0.05, 0) is 30.0 Å². The Balaban J connectivity index is 1.86. The van der Waals surface area contributed by atoms with E-state index in [-0.39, 0.29) is 10.8 Å². The van der Waals surface area contributed by atoms with Crippen LogP contribution < -0.4 is 5.32 Å². The van der Waals surface area contributed by atoms with Crippen molar-refractivity contribution in [3.63, 3.8) is 0 Å². The lowest BCUT2D eigenvalue weighted by atomic mass is 10.2. The van der Waals surface area contributed by atoms with Gasteiger partial charge in [-0.15, -0.1) is 0 Å². The molecule has 2 rings (SSSR count). The number of nitrogens with one attached hydrogen (secondary N) is 1. The van der Waals surface area contributed by atoms with Crippen molar-refractivity contribution >= 4 is 11.6 Å². The van der Waals surface area contributed by atoms with Crippen molar-refractivity contribution in [1.29, 1.82) is 0 Å². The third-order valence-corrected chi connectivity index (χ3v) is 3.29. The smallest absolute Gasteiger partial charge is 0.141 e. The summed E-state index contributed by atoms with van der Waals surface area (Å²) in [6.07, 6.45) is 2.51. The van der Waals surface area contributed by atoms with Crippen molar-refractivity contribution in [2.45, 2.75) is 32.4 Å². The monoisotopic (exact) mass is 227 g/mol. The molecule has 2 unspecified atom stereocenters. The molecule has 2 atom stereocenters. The van der Waals surface area contributed by atoms with E-state index in [9.17, 15) is 4.39 Å². The zero-order chi connectivity index (χ0) is 10.8. The molecule has 1 nitrogen and oxygen atoms in total. The minimum Gasteiger partial charge on any atom is -0.310 e. The molecule has 15 heavy (non-hydrogen) atoms. The van der Waals surface area contributed by atoms with Crippen LogP contribution in [-0.4, -0.2) is 6.04 Å². The maximum atomic E-state index is 12.9. The van der Waals surface area contributed by atoms with Gasteiger partial charge in [0.25, 0.3) is 0 Å².